The van der Waals surface area contributed by atoms with Crippen molar-refractivity contribution in [3.05, 3.63) is 71.3 Å². The second-order valence-electron chi connectivity index (χ2n) is 46.1. The van der Waals surface area contributed by atoms with Crippen molar-refractivity contribution in [2.45, 2.75) is 417 Å². The predicted octanol–water partition coefficient (Wildman–Crippen LogP) is 31.8. The molecule has 10 aliphatic carbocycles. The minimum Gasteiger partial charge on any atom is -0.381 e. The van der Waals surface area contributed by atoms with Crippen molar-refractivity contribution >= 4 is 0 Å². The summed E-state index contributed by atoms with van der Waals surface area (Å²) >= 11 is 0. The summed E-state index contributed by atoms with van der Waals surface area (Å²) in [4.78, 5) is 0. The topological polar surface area (TPSA) is 9.23 Å². The minimum absolute atomic E-state index is 0.0555. The maximum atomic E-state index is 13.0. The van der Waals surface area contributed by atoms with Gasteiger partial charge in [0, 0.05) is 31.5 Å². The monoisotopic (exact) mass is 1410 g/mol. The molecule has 4 heteroatoms. The van der Waals surface area contributed by atoms with Crippen molar-refractivity contribution in [2.24, 2.45) is 113 Å². The van der Waals surface area contributed by atoms with Crippen LogP contribution in [0, 0.1) is 113 Å². The van der Waals surface area contributed by atoms with E-state index < -0.39 is 11.6 Å². The molecular formula is C97H173F3O. The molecule has 588 valence electrons. The van der Waals surface area contributed by atoms with E-state index in [0.717, 1.165) is 79.3 Å². The van der Waals surface area contributed by atoms with Crippen molar-refractivity contribution in [1.29, 1.82) is 0 Å². The van der Waals surface area contributed by atoms with Crippen LogP contribution in [0.4, 0.5) is 13.2 Å². The lowest BCUT2D eigenvalue weighted by molar-refractivity contribution is -0.0289. The average Bonchev–Trinajstić information content (AvgIpc) is 1.90. The summed E-state index contributed by atoms with van der Waals surface area (Å²) in [5, 5.41) is 0. The highest BCUT2D eigenvalue weighted by Crippen LogP contribution is 2.60. The molecule has 4 atom stereocenters. The van der Waals surface area contributed by atoms with Crippen molar-refractivity contribution in [1.82, 2.24) is 0 Å². The molecule has 11 aliphatic rings. The van der Waals surface area contributed by atoms with Gasteiger partial charge < -0.3 is 4.74 Å². The molecule has 10 fully saturated rings. The lowest BCUT2D eigenvalue weighted by Crippen LogP contribution is -2.43. The molecule has 2 aromatic carbocycles. The van der Waals surface area contributed by atoms with E-state index in [0.29, 0.717) is 66.5 Å². The third-order valence-corrected chi connectivity index (χ3v) is 27.3. The number of fused-ring (bicyclic) bond motifs is 2. The minimum atomic E-state index is -2.38. The second kappa shape index (κ2) is 37.1. The summed E-state index contributed by atoms with van der Waals surface area (Å²) in [6.07, 6.45) is 35.5. The Morgan fingerprint density at radius 2 is 0.693 bits per heavy atom. The maximum Gasteiger partial charge on any atom is 0.248 e. The van der Waals surface area contributed by atoms with E-state index in [4.69, 9.17) is 4.74 Å². The van der Waals surface area contributed by atoms with Crippen molar-refractivity contribution in [3.8, 4) is 0 Å². The lowest BCUT2D eigenvalue weighted by Gasteiger charge is -2.46. The van der Waals surface area contributed by atoms with Crippen LogP contribution in [0.3, 0.4) is 0 Å². The molecule has 101 heavy (non-hydrogen) atoms. The van der Waals surface area contributed by atoms with Crippen LogP contribution >= 0.6 is 0 Å². The number of aryl methyl sites for hydroxylation is 1. The third-order valence-electron chi connectivity index (χ3n) is 27.3. The Bertz CT molecular complexity index is 2530. The van der Waals surface area contributed by atoms with Crippen LogP contribution in [-0.4, -0.2) is 24.8 Å². The van der Waals surface area contributed by atoms with E-state index in [1.54, 1.807) is 24.5 Å². The summed E-state index contributed by atoms with van der Waals surface area (Å²) < 4.78 is 43.7. The van der Waals surface area contributed by atoms with Gasteiger partial charge in [-0.2, -0.15) is 0 Å². The number of halogens is 3. The average molecular weight is 1410 g/mol. The highest BCUT2D eigenvalue weighted by Gasteiger charge is 2.53. The molecule has 0 spiro atoms. The number of hydrogen-bond donors (Lipinski definition) is 0. The van der Waals surface area contributed by atoms with Gasteiger partial charge in [-0.15, -0.1) is 0 Å². The Labute approximate surface area is 629 Å². The Hall–Kier alpha value is -1.81. The maximum absolute atomic E-state index is 13.0. The molecule has 1 nitrogen and oxygen atoms in total. The van der Waals surface area contributed by atoms with Crippen LogP contribution in [0.25, 0.3) is 0 Å². The molecule has 9 saturated carbocycles. The number of benzene rings is 2. The highest BCUT2D eigenvalue weighted by molar-refractivity contribution is 5.36. The zero-order chi connectivity index (χ0) is 76.9. The van der Waals surface area contributed by atoms with Crippen LogP contribution in [0.2, 0.25) is 0 Å². The molecule has 1 aliphatic heterocycles. The first kappa shape index (κ1) is 91.6. The first-order valence-corrected chi connectivity index (χ1v) is 42.7. The fourth-order valence-corrected chi connectivity index (χ4v) is 18.0. The van der Waals surface area contributed by atoms with Crippen molar-refractivity contribution in [3.63, 3.8) is 0 Å². The van der Waals surface area contributed by atoms with Gasteiger partial charge in [-0.25, -0.2) is 13.2 Å². The van der Waals surface area contributed by atoms with Gasteiger partial charge in [-0.05, 0) is 271 Å². The molecule has 1 heterocycles. The smallest absolute Gasteiger partial charge is 0.248 e. The summed E-state index contributed by atoms with van der Waals surface area (Å²) in [5.74, 6) is 7.51. The number of hydrogen-bond acceptors (Lipinski definition) is 1. The van der Waals surface area contributed by atoms with E-state index >= 15 is 0 Å². The molecule has 0 radical (unpaired) electrons. The fraction of sp³-hybridized carbons (Fsp3) is 0.876. The van der Waals surface area contributed by atoms with Crippen LogP contribution in [0.5, 0.6) is 0 Å². The van der Waals surface area contributed by atoms with Gasteiger partial charge in [0.25, 0.3) is 0 Å². The third kappa shape index (κ3) is 32.5. The van der Waals surface area contributed by atoms with Crippen LogP contribution in [0.1, 0.15) is 411 Å². The van der Waals surface area contributed by atoms with Gasteiger partial charge in [0.15, 0.2) is 0 Å². The molecule has 13 rings (SSSR count). The first-order valence-electron chi connectivity index (χ1n) is 42.7. The molecule has 4 unspecified atom stereocenters. The lowest BCUT2D eigenvalue weighted by atomic mass is 9.62. The molecule has 0 amide bonds. The summed E-state index contributed by atoms with van der Waals surface area (Å²) in [5.41, 5.74) is 8.96. The van der Waals surface area contributed by atoms with Crippen molar-refractivity contribution in [2.75, 3.05) is 13.2 Å². The molecular weight excluding hydrogens is 1240 g/mol. The largest absolute Gasteiger partial charge is 0.381 e. The van der Waals surface area contributed by atoms with Crippen LogP contribution in [0.15, 0.2) is 54.6 Å². The Balaban J connectivity index is 0.000000239. The van der Waals surface area contributed by atoms with Gasteiger partial charge in [-0.1, -0.05) is 301 Å². The molecule has 0 bridgehead atoms. The number of ether oxygens (including phenoxy) is 1. The Morgan fingerprint density at radius 1 is 0.327 bits per heavy atom. The van der Waals surface area contributed by atoms with E-state index in [-0.39, 0.29) is 24.2 Å². The second-order valence-corrected chi connectivity index (χ2v) is 46.1. The Kier molecular flexibility index (Phi) is 33.6. The zero-order valence-corrected chi connectivity index (χ0v) is 73.3. The highest BCUT2D eigenvalue weighted by atomic mass is 19.3. The molecule has 1 saturated heterocycles. The van der Waals surface area contributed by atoms with Gasteiger partial charge >= 0.3 is 0 Å². The summed E-state index contributed by atoms with van der Waals surface area (Å²) in [7, 11) is 0. The number of rotatable bonds is 1. The van der Waals surface area contributed by atoms with Gasteiger partial charge in [0.1, 0.15) is 5.67 Å². The quantitative estimate of drug-likeness (QED) is 0.277. The van der Waals surface area contributed by atoms with Crippen molar-refractivity contribution < 1.29 is 17.9 Å². The van der Waals surface area contributed by atoms with Crippen LogP contribution in [-0.2, 0) is 16.6 Å². The SMILES string of the molecule is CC(C)(C)C1(c2ccccc2)CC1.CC(C)(C)C1CC1.CC(C)(C)C1CC2CC2C1.CC(C)(C)C1CCC(F)(F)C1.CC(C)(C)C1CCC1.CC(C)(C)C1CCCC1.CC(C)(C)C1CCCCC1.CC(C)(C)C1CCOCC1.CC(C)(C)C1CCc2ccccc21.CC1(F)CC(C(C)(C)C)C1. The first-order chi connectivity index (χ1) is 45.9. The molecule has 2 aromatic rings. The molecule has 0 N–H and O–H groups in total. The van der Waals surface area contributed by atoms with Gasteiger partial charge in [0.2, 0.25) is 5.92 Å². The standard InChI is InChI=1S/2C13H18.C10H18.C10H20.C9H16F2.C9H17F.C9H18O.C9H18.C8H16.C7H14/c1-13(2,3)12-9-8-10-6-4-5-7-11(10)12;1-12(2,3)13(9-10-13)11-7-5-4-6-8-11;1-10(2,3)9-5-7-4-8(7)6-9;1-10(2,3)9-7-5-4-6-8-9;1-8(2,3)7-4-5-9(10,11)6-7;1-8(2,3)7-5-9(4,10)6-7;1-9(2,3)8-4-6-10-7-5-8;1-9(2,3)8-6-4-5-7-8;1-8(2,3)7-5-4-6-7;1-7(2,3)6-4-5-6/h4-7,12H,8-9H2,1-3H3;4-8H,9-10H2,1-3H3;7-9H,4-6H2,1-3H3;9H,4-8H2,1-3H3;7H,4-6H2,1-3H3;7H,5-6H2,1-4H3;8H,4-7H2,1-3H3;8H,4-7H2,1-3H3;7H,4-6H2,1-3H3;6H,4-5H2,1-3H3. The normalized spacial score (nSPS) is 27.3. The number of alkyl halides is 3. The molecule has 0 aromatic heterocycles. The fourth-order valence-electron chi connectivity index (χ4n) is 18.0. The van der Waals surface area contributed by atoms with E-state index in [1.165, 1.54) is 147 Å². The summed E-state index contributed by atoms with van der Waals surface area (Å²) in [6, 6.07) is 19.9. The van der Waals surface area contributed by atoms with Crippen LogP contribution < -0.4 is 0 Å². The van der Waals surface area contributed by atoms with Gasteiger partial charge in [-0.3, -0.25) is 0 Å². The predicted molar refractivity (Wildman–Crippen MR) is 440 cm³/mol. The zero-order valence-electron chi connectivity index (χ0n) is 73.3. The van der Waals surface area contributed by atoms with E-state index in [9.17, 15) is 13.2 Å². The van der Waals surface area contributed by atoms with E-state index in [1.807, 2.05) is 20.8 Å². The summed E-state index contributed by atoms with van der Waals surface area (Å²) in [6.45, 7) is 72.8. The van der Waals surface area contributed by atoms with Gasteiger partial charge in [0.05, 0.1) is 0 Å². The Morgan fingerprint density at radius 3 is 0.960 bits per heavy atom. The van der Waals surface area contributed by atoms with E-state index in [2.05, 4.69) is 242 Å².